The van der Waals surface area contributed by atoms with Crippen LogP contribution in [0.4, 0.5) is 4.79 Å². The third kappa shape index (κ3) is 6.55. The van der Waals surface area contributed by atoms with Gasteiger partial charge in [-0.3, -0.25) is 0 Å². The number of rotatable bonds is 8. The predicted molar refractivity (Wildman–Crippen MR) is 92.0 cm³/mol. The summed E-state index contributed by atoms with van der Waals surface area (Å²) in [6.45, 7) is 15.1. The smallest absolute Gasteiger partial charge is 0.407 e. The monoisotopic (exact) mass is 312 g/mol. The minimum atomic E-state index is -0.437. The van der Waals surface area contributed by atoms with Gasteiger partial charge in [-0.15, -0.1) is 0 Å². The Kier molecular flexibility index (Phi) is 7.17. The summed E-state index contributed by atoms with van der Waals surface area (Å²) in [5, 5.41) is 6.55. The van der Waals surface area contributed by atoms with Gasteiger partial charge in [0.1, 0.15) is 5.60 Å². The van der Waals surface area contributed by atoms with Crippen LogP contribution in [-0.2, 0) is 4.74 Å². The Morgan fingerprint density at radius 1 is 1.23 bits per heavy atom. The van der Waals surface area contributed by atoms with Crippen LogP contribution in [0, 0.1) is 17.3 Å². The quantitative estimate of drug-likeness (QED) is 0.713. The molecule has 0 bridgehead atoms. The van der Waals surface area contributed by atoms with Crippen molar-refractivity contribution < 1.29 is 9.53 Å². The van der Waals surface area contributed by atoms with Crippen LogP contribution in [0.25, 0.3) is 0 Å². The standard InChI is InChI=1S/C18H36N2O2/c1-7-18(9-8-10-18)13-19-11-15(14(2)3)12-20-16(21)22-17(4,5)6/h14-15,19H,7-13H2,1-6H3,(H,20,21). The van der Waals surface area contributed by atoms with Crippen LogP contribution in [0.1, 0.15) is 67.2 Å². The number of alkyl carbamates (subject to hydrolysis) is 1. The lowest BCUT2D eigenvalue weighted by atomic mass is 9.67. The molecule has 0 radical (unpaired) electrons. The highest BCUT2D eigenvalue weighted by atomic mass is 16.6. The van der Waals surface area contributed by atoms with Crippen molar-refractivity contribution in [1.29, 1.82) is 0 Å². The lowest BCUT2D eigenvalue weighted by Gasteiger charge is -2.42. The van der Waals surface area contributed by atoms with Crippen molar-refractivity contribution >= 4 is 6.09 Å². The summed E-state index contributed by atoms with van der Waals surface area (Å²) < 4.78 is 5.30. The lowest BCUT2D eigenvalue weighted by molar-refractivity contribution is 0.0513. The van der Waals surface area contributed by atoms with Gasteiger partial charge in [0.05, 0.1) is 0 Å². The van der Waals surface area contributed by atoms with E-state index in [2.05, 4.69) is 31.4 Å². The van der Waals surface area contributed by atoms with Crippen LogP contribution in [-0.4, -0.2) is 31.3 Å². The Labute approximate surface area is 136 Å². The number of carbonyl (C=O) groups is 1. The summed E-state index contributed by atoms with van der Waals surface area (Å²) in [4.78, 5) is 11.8. The minimum Gasteiger partial charge on any atom is -0.444 e. The Morgan fingerprint density at radius 2 is 1.86 bits per heavy atom. The molecule has 0 aromatic rings. The van der Waals surface area contributed by atoms with E-state index in [1.807, 2.05) is 20.8 Å². The zero-order valence-electron chi connectivity index (χ0n) is 15.4. The van der Waals surface area contributed by atoms with E-state index in [0.29, 0.717) is 23.8 Å². The fourth-order valence-electron chi connectivity index (χ4n) is 2.93. The summed E-state index contributed by atoms with van der Waals surface area (Å²) >= 11 is 0. The average molecular weight is 312 g/mol. The third-order valence-electron chi connectivity index (χ3n) is 4.92. The number of amides is 1. The second-order valence-electron chi connectivity index (χ2n) is 8.22. The molecule has 1 aliphatic rings. The van der Waals surface area contributed by atoms with E-state index in [-0.39, 0.29) is 6.09 Å². The molecule has 1 aliphatic carbocycles. The van der Waals surface area contributed by atoms with E-state index in [9.17, 15) is 4.79 Å². The molecule has 0 aromatic heterocycles. The number of ether oxygens (including phenoxy) is 1. The lowest BCUT2D eigenvalue weighted by Crippen LogP contribution is -2.44. The SMILES string of the molecule is CCC1(CNCC(CNC(=O)OC(C)(C)C)C(C)C)CCC1. The first-order valence-corrected chi connectivity index (χ1v) is 8.85. The fourth-order valence-corrected chi connectivity index (χ4v) is 2.93. The molecule has 0 aliphatic heterocycles. The first-order valence-electron chi connectivity index (χ1n) is 8.85. The van der Waals surface area contributed by atoms with Crippen LogP contribution in [0.2, 0.25) is 0 Å². The van der Waals surface area contributed by atoms with Gasteiger partial charge in [0.25, 0.3) is 0 Å². The van der Waals surface area contributed by atoms with E-state index in [1.54, 1.807) is 0 Å². The molecular formula is C18H36N2O2. The molecule has 1 fully saturated rings. The second kappa shape index (κ2) is 8.19. The number of hydrogen-bond acceptors (Lipinski definition) is 3. The zero-order chi connectivity index (χ0) is 16.8. The van der Waals surface area contributed by atoms with Gasteiger partial charge in [-0.1, -0.05) is 27.2 Å². The van der Waals surface area contributed by atoms with Crippen molar-refractivity contribution in [2.75, 3.05) is 19.6 Å². The fraction of sp³-hybridized carbons (Fsp3) is 0.944. The van der Waals surface area contributed by atoms with E-state index in [0.717, 1.165) is 13.1 Å². The third-order valence-corrected chi connectivity index (χ3v) is 4.92. The van der Waals surface area contributed by atoms with Crippen molar-refractivity contribution in [3.8, 4) is 0 Å². The van der Waals surface area contributed by atoms with E-state index < -0.39 is 5.60 Å². The molecule has 2 N–H and O–H groups in total. The zero-order valence-corrected chi connectivity index (χ0v) is 15.4. The molecule has 0 heterocycles. The highest BCUT2D eigenvalue weighted by Crippen LogP contribution is 2.43. The summed E-state index contributed by atoms with van der Waals surface area (Å²) in [7, 11) is 0. The highest BCUT2D eigenvalue weighted by Gasteiger charge is 2.34. The second-order valence-corrected chi connectivity index (χ2v) is 8.22. The van der Waals surface area contributed by atoms with Crippen LogP contribution >= 0.6 is 0 Å². The van der Waals surface area contributed by atoms with Crippen molar-refractivity contribution in [2.24, 2.45) is 17.3 Å². The molecule has 0 spiro atoms. The Hall–Kier alpha value is -0.770. The van der Waals surface area contributed by atoms with E-state index >= 15 is 0 Å². The molecule has 1 unspecified atom stereocenters. The topological polar surface area (TPSA) is 50.4 Å². The number of nitrogens with one attached hydrogen (secondary N) is 2. The first-order chi connectivity index (χ1) is 10.2. The maximum absolute atomic E-state index is 11.8. The predicted octanol–water partition coefficient (Wildman–Crippen LogP) is 3.95. The average Bonchev–Trinajstić information content (AvgIpc) is 2.33. The number of hydrogen-bond donors (Lipinski definition) is 2. The van der Waals surface area contributed by atoms with E-state index in [1.165, 1.54) is 25.7 Å². The molecule has 0 aromatic carbocycles. The van der Waals surface area contributed by atoms with Crippen molar-refractivity contribution in [2.45, 2.75) is 72.8 Å². The van der Waals surface area contributed by atoms with Gasteiger partial charge in [-0.2, -0.15) is 0 Å². The molecule has 4 heteroatoms. The van der Waals surface area contributed by atoms with Crippen molar-refractivity contribution in [3.05, 3.63) is 0 Å². The van der Waals surface area contributed by atoms with Crippen LogP contribution < -0.4 is 10.6 Å². The number of carbonyl (C=O) groups excluding carboxylic acids is 1. The Bertz CT molecular complexity index is 338. The Balaban J connectivity index is 2.31. The summed E-state index contributed by atoms with van der Waals surface area (Å²) in [6.07, 6.45) is 5.05. The molecule has 1 rings (SSSR count). The molecule has 130 valence electrons. The van der Waals surface area contributed by atoms with Gasteiger partial charge in [0.2, 0.25) is 0 Å². The van der Waals surface area contributed by atoms with Gasteiger partial charge in [-0.05, 0) is 63.8 Å². The van der Waals surface area contributed by atoms with Gasteiger partial charge in [-0.25, -0.2) is 4.79 Å². The van der Waals surface area contributed by atoms with Crippen molar-refractivity contribution in [3.63, 3.8) is 0 Å². The van der Waals surface area contributed by atoms with Gasteiger partial charge in [0.15, 0.2) is 0 Å². The molecule has 0 saturated heterocycles. The van der Waals surface area contributed by atoms with Crippen molar-refractivity contribution in [1.82, 2.24) is 10.6 Å². The minimum absolute atomic E-state index is 0.317. The van der Waals surface area contributed by atoms with Gasteiger partial charge >= 0.3 is 6.09 Å². The largest absolute Gasteiger partial charge is 0.444 e. The molecule has 1 saturated carbocycles. The molecular weight excluding hydrogens is 276 g/mol. The highest BCUT2D eigenvalue weighted by molar-refractivity contribution is 5.67. The summed E-state index contributed by atoms with van der Waals surface area (Å²) in [6, 6.07) is 0. The molecule has 1 amide bonds. The first kappa shape index (κ1) is 19.3. The summed E-state index contributed by atoms with van der Waals surface area (Å²) in [5.74, 6) is 0.961. The maximum Gasteiger partial charge on any atom is 0.407 e. The van der Waals surface area contributed by atoms with E-state index in [4.69, 9.17) is 4.74 Å². The van der Waals surface area contributed by atoms with Crippen LogP contribution in [0.3, 0.4) is 0 Å². The summed E-state index contributed by atoms with van der Waals surface area (Å²) in [5.41, 5.74) is 0.105. The molecule has 4 nitrogen and oxygen atoms in total. The normalized spacial score (nSPS) is 18.7. The molecule has 1 atom stereocenters. The molecule has 22 heavy (non-hydrogen) atoms. The maximum atomic E-state index is 11.8. The Morgan fingerprint density at radius 3 is 2.27 bits per heavy atom. The van der Waals surface area contributed by atoms with Crippen LogP contribution in [0.15, 0.2) is 0 Å². The van der Waals surface area contributed by atoms with Gasteiger partial charge < -0.3 is 15.4 Å². The van der Waals surface area contributed by atoms with Gasteiger partial charge in [0, 0.05) is 13.1 Å². The van der Waals surface area contributed by atoms with Crippen LogP contribution in [0.5, 0.6) is 0 Å².